The van der Waals surface area contributed by atoms with Crippen LogP contribution in [-0.2, 0) is 9.59 Å². The van der Waals surface area contributed by atoms with E-state index in [0.29, 0.717) is 27.9 Å². The summed E-state index contributed by atoms with van der Waals surface area (Å²) in [4.78, 5) is 24.5. The van der Waals surface area contributed by atoms with Crippen LogP contribution < -0.4 is 14.8 Å². The minimum atomic E-state index is -0.676. The van der Waals surface area contributed by atoms with Crippen molar-refractivity contribution in [2.24, 2.45) is 0 Å². The first-order chi connectivity index (χ1) is 16.7. The fraction of sp³-hybridized carbons (Fsp3) is 0.154. The summed E-state index contributed by atoms with van der Waals surface area (Å²) in [7, 11) is 0. The van der Waals surface area contributed by atoms with Crippen LogP contribution in [0.25, 0.3) is 6.08 Å². The highest BCUT2D eigenvalue weighted by Crippen LogP contribution is 2.41. The number of rotatable bonds is 8. The molecule has 3 aromatic rings. The smallest absolute Gasteiger partial charge is 0.339 e. The van der Waals surface area contributed by atoms with Crippen LogP contribution in [0.4, 0.5) is 5.69 Å². The van der Waals surface area contributed by atoms with E-state index >= 15 is 0 Å². The lowest BCUT2D eigenvalue weighted by Gasteiger charge is -2.14. The number of carbonyl (C=O) groups excluding carboxylic acids is 2. The lowest BCUT2D eigenvalue weighted by Crippen LogP contribution is -2.20. The Morgan fingerprint density at radius 3 is 2.26 bits per heavy atom. The van der Waals surface area contributed by atoms with Crippen LogP contribution >= 0.6 is 50.7 Å². The zero-order chi connectivity index (χ0) is 25.5. The number of hydrogen-bond donors (Lipinski definition) is 1. The van der Waals surface area contributed by atoms with E-state index in [9.17, 15) is 9.59 Å². The number of alkyl halides is 1. The Kier molecular flexibility index (Phi) is 9.63. The van der Waals surface area contributed by atoms with Gasteiger partial charge in [-0.05, 0) is 59.1 Å². The van der Waals surface area contributed by atoms with Gasteiger partial charge in [-0.15, -0.1) is 11.6 Å². The van der Waals surface area contributed by atoms with Gasteiger partial charge in [0.05, 0.1) is 15.7 Å². The molecule has 0 radical (unpaired) electrons. The summed E-state index contributed by atoms with van der Waals surface area (Å²) in [6.07, 6.45) is 2.27. The number of amides is 1. The Bertz CT molecular complexity index is 1240. The molecule has 3 aromatic carbocycles. The second-order valence-electron chi connectivity index (χ2n) is 7.39. The van der Waals surface area contributed by atoms with E-state index in [4.69, 9.17) is 44.3 Å². The molecule has 182 valence electrons. The van der Waals surface area contributed by atoms with Crippen molar-refractivity contribution in [3.05, 3.63) is 86.3 Å². The molecule has 0 saturated carbocycles. The number of benzene rings is 3. The van der Waals surface area contributed by atoms with Gasteiger partial charge >= 0.3 is 5.97 Å². The van der Waals surface area contributed by atoms with Crippen molar-refractivity contribution in [1.29, 1.82) is 0 Å². The minimum Gasteiger partial charge on any atom is -0.454 e. The maximum Gasteiger partial charge on any atom is 0.339 e. The largest absolute Gasteiger partial charge is 0.454 e. The van der Waals surface area contributed by atoms with E-state index in [-0.39, 0.29) is 27.5 Å². The molecule has 0 aromatic heterocycles. The topological polar surface area (TPSA) is 64.6 Å². The number of esters is 1. The molecule has 35 heavy (non-hydrogen) atoms. The Hall–Kier alpha value is -2.51. The van der Waals surface area contributed by atoms with Gasteiger partial charge in [-0.2, -0.15) is 0 Å². The monoisotopic (exact) mass is 595 g/mol. The van der Waals surface area contributed by atoms with Crippen molar-refractivity contribution in [2.75, 3.05) is 5.32 Å². The van der Waals surface area contributed by atoms with Gasteiger partial charge in [0.2, 0.25) is 5.91 Å². The third-order valence-electron chi connectivity index (χ3n) is 4.75. The third-order valence-corrected chi connectivity index (χ3v) is 6.16. The zero-order valence-electron chi connectivity index (χ0n) is 18.8. The highest BCUT2D eigenvalue weighted by atomic mass is 79.9. The summed E-state index contributed by atoms with van der Waals surface area (Å²) < 4.78 is 11.9. The van der Waals surface area contributed by atoms with Crippen LogP contribution in [-0.4, -0.2) is 17.3 Å². The number of ether oxygens (including phenoxy) is 2. The number of halogens is 4. The standard InChI is InChI=1S/C26H21BrCl3NO4/c1-3-17(11-16-7-5-4-6-8-16)26(33)35-19-13-21(29)24(22(30)14-19)34-18-9-10-23(20(27)12-18)31-25(32)15(2)28/h4-15H,3H2,1-2H3,(H,31,32). The van der Waals surface area contributed by atoms with Gasteiger partial charge < -0.3 is 14.8 Å². The van der Waals surface area contributed by atoms with E-state index in [0.717, 1.165) is 5.56 Å². The van der Waals surface area contributed by atoms with Gasteiger partial charge in [0.25, 0.3) is 0 Å². The molecule has 1 amide bonds. The van der Waals surface area contributed by atoms with Gasteiger partial charge in [-0.1, -0.05) is 60.5 Å². The molecule has 0 fully saturated rings. The summed E-state index contributed by atoms with van der Waals surface area (Å²) in [5.74, 6) is -0.0190. The molecule has 0 spiro atoms. The van der Waals surface area contributed by atoms with Crippen LogP contribution in [0.1, 0.15) is 25.8 Å². The van der Waals surface area contributed by atoms with Gasteiger partial charge in [0.15, 0.2) is 5.75 Å². The Balaban J connectivity index is 1.75. The Labute approximate surface area is 227 Å². The fourth-order valence-electron chi connectivity index (χ4n) is 2.93. The molecule has 0 aliphatic rings. The average molecular weight is 598 g/mol. The number of anilines is 1. The van der Waals surface area contributed by atoms with E-state index in [2.05, 4.69) is 21.2 Å². The third kappa shape index (κ3) is 7.48. The van der Waals surface area contributed by atoms with E-state index in [1.165, 1.54) is 12.1 Å². The fourth-order valence-corrected chi connectivity index (χ4v) is 3.99. The zero-order valence-corrected chi connectivity index (χ0v) is 22.6. The predicted octanol–water partition coefficient (Wildman–Crippen LogP) is 8.51. The first-order valence-corrected chi connectivity index (χ1v) is 12.6. The highest BCUT2D eigenvalue weighted by Gasteiger charge is 2.17. The molecule has 1 N–H and O–H groups in total. The second-order valence-corrected chi connectivity index (χ2v) is 9.71. The molecule has 0 aliphatic carbocycles. The Morgan fingerprint density at radius 1 is 1.03 bits per heavy atom. The summed E-state index contributed by atoms with van der Waals surface area (Å²) in [5, 5.41) is 2.35. The Morgan fingerprint density at radius 2 is 1.69 bits per heavy atom. The van der Waals surface area contributed by atoms with Crippen LogP contribution in [0.2, 0.25) is 10.0 Å². The molecule has 0 saturated heterocycles. The van der Waals surface area contributed by atoms with Crippen molar-refractivity contribution >= 4 is 74.4 Å². The summed E-state index contributed by atoms with van der Waals surface area (Å²) >= 11 is 22.0. The predicted molar refractivity (Wildman–Crippen MR) is 145 cm³/mol. The molecule has 0 aliphatic heterocycles. The van der Waals surface area contributed by atoms with Crippen molar-refractivity contribution < 1.29 is 19.1 Å². The normalized spacial score (nSPS) is 12.1. The molecule has 0 heterocycles. The number of hydrogen-bond acceptors (Lipinski definition) is 4. The lowest BCUT2D eigenvalue weighted by atomic mass is 10.1. The molecule has 3 rings (SSSR count). The SMILES string of the molecule is CCC(=Cc1ccccc1)C(=O)Oc1cc(Cl)c(Oc2ccc(NC(=O)C(C)Cl)c(Br)c2)c(Cl)c1. The molecule has 0 bridgehead atoms. The second kappa shape index (κ2) is 12.5. The molecule has 1 atom stereocenters. The minimum absolute atomic E-state index is 0.162. The van der Waals surface area contributed by atoms with Gasteiger partial charge in [-0.25, -0.2) is 4.79 Å². The summed E-state index contributed by atoms with van der Waals surface area (Å²) in [6.45, 7) is 3.45. The molecule has 9 heteroatoms. The maximum absolute atomic E-state index is 12.7. The number of nitrogens with one attached hydrogen (secondary N) is 1. The molecular formula is C26H21BrCl3NO4. The lowest BCUT2D eigenvalue weighted by molar-refractivity contribution is -0.130. The van der Waals surface area contributed by atoms with E-state index in [1.807, 2.05) is 37.3 Å². The first kappa shape index (κ1) is 27.1. The van der Waals surface area contributed by atoms with E-state index in [1.54, 1.807) is 31.2 Å². The van der Waals surface area contributed by atoms with E-state index < -0.39 is 11.3 Å². The summed E-state index contributed by atoms with van der Waals surface area (Å²) in [6, 6.07) is 17.4. The molecule has 5 nitrogen and oxygen atoms in total. The number of carbonyl (C=O) groups is 2. The summed E-state index contributed by atoms with van der Waals surface area (Å²) in [5.41, 5.74) is 1.93. The van der Waals surface area contributed by atoms with Gasteiger partial charge in [0, 0.05) is 22.2 Å². The van der Waals surface area contributed by atoms with Crippen molar-refractivity contribution in [3.63, 3.8) is 0 Å². The van der Waals surface area contributed by atoms with Crippen molar-refractivity contribution in [3.8, 4) is 17.2 Å². The van der Waals surface area contributed by atoms with Crippen LogP contribution in [0, 0.1) is 0 Å². The van der Waals surface area contributed by atoms with Crippen molar-refractivity contribution in [2.45, 2.75) is 25.6 Å². The van der Waals surface area contributed by atoms with Gasteiger partial charge in [0.1, 0.15) is 16.9 Å². The molecule has 1 unspecified atom stereocenters. The van der Waals surface area contributed by atoms with Crippen LogP contribution in [0.5, 0.6) is 17.2 Å². The van der Waals surface area contributed by atoms with Crippen LogP contribution in [0.3, 0.4) is 0 Å². The average Bonchev–Trinajstić information content (AvgIpc) is 2.82. The van der Waals surface area contributed by atoms with Crippen LogP contribution in [0.15, 0.2) is 70.7 Å². The maximum atomic E-state index is 12.7. The van der Waals surface area contributed by atoms with Crippen molar-refractivity contribution in [1.82, 2.24) is 0 Å². The first-order valence-electron chi connectivity index (χ1n) is 10.6. The quantitative estimate of drug-likeness (QED) is 0.122. The molecular weight excluding hydrogens is 577 g/mol. The van der Waals surface area contributed by atoms with Gasteiger partial charge in [-0.3, -0.25) is 4.79 Å². The highest BCUT2D eigenvalue weighted by molar-refractivity contribution is 9.10.